The molecule has 2 heterocycles. The molecule has 114 valence electrons. The minimum Gasteiger partial charge on any atom is -0.381 e. The van der Waals surface area contributed by atoms with Crippen LogP contribution >= 0.6 is 0 Å². The van der Waals surface area contributed by atoms with E-state index >= 15 is 0 Å². The summed E-state index contributed by atoms with van der Waals surface area (Å²) in [6, 6.07) is 7.78. The Bertz CT molecular complexity index is 500. The van der Waals surface area contributed by atoms with Crippen molar-refractivity contribution in [2.45, 2.75) is 18.9 Å². The molecule has 3 rings (SSSR count). The second kappa shape index (κ2) is 6.35. The molecule has 1 aromatic rings. The Kier molecular flexibility index (Phi) is 4.29. The number of carbonyl (C=O) groups excluding carboxylic acids is 1. The number of rotatable bonds is 3. The van der Waals surface area contributed by atoms with Crippen LogP contribution in [0, 0.1) is 5.92 Å². The summed E-state index contributed by atoms with van der Waals surface area (Å²) in [5.74, 6) is 0.610. The van der Waals surface area contributed by atoms with E-state index in [1.165, 1.54) is 0 Å². The molecule has 5 heteroatoms. The van der Waals surface area contributed by atoms with Crippen molar-refractivity contribution in [1.29, 1.82) is 0 Å². The fourth-order valence-electron chi connectivity index (χ4n) is 3.06. The number of hydrogen-bond donors (Lipinski definition) is 2. The van der Waals surface area contributed by atoms with Crippen LogP contribution in [0.3, 0.4) is 0 Å². The highest BCUT2D eigenvalue weighted by atomic mass is 16.5. The third-order valence-corrected chi connectivity index (χ3v) is 4.21. The Balaban J connectivity index is 1.58. The molecule has 1 amide bonds. The molecule has 1 aromatic carbocycles. The number of nitrogens with zero attached hydrogens (tertiary/aromatic N) is 1. The van der Waals surface area contributed by atoms with E-state index in [0.717, 1.165) is 44.0 Å². The SMILES string of the molecule is CN(CC1CCCOC1)C(=O)C1CNc2ccccc2N1. The lowest BCUT2D eigenvalue weighted by Crippen LogP contribution is -2.48. The lowest BCUT2D eigenvalue weighted by Gasteiger charge is -2.32. The lowest BCUT2D eigenvalue weighted by molar-refractivity contribution is -0.131. The predicted octanol–water partition coefficient (Wildman–Crippen LogP) is 1.78. The van der Waals surface area contributed by atoms with Crippen molar-refractivity contribution in [2.24, 2.45) is 5.92 Å². The maximum Gasteiger partial charge on any atom is 0.246 e. The van der Waals surface area contributed by atoms with Gasteiger partial charge in [-0.1, -0.05) is 12.1 Å². The highest BCUT2D eigenvalue weighted by Gasteiger charge is 2.27. The summed E-state index contributed by atoms with van der Waals surface area (Å²) in [6.07, 6.45) is 2.25. The van der Waals surface area contributed by atoms with E-state index in [2.05, 4.69) is 10.6 Å². The summed E-state index contributed by atoms with van der Waals surface area (Å²) in [4.78, 5) is 14.4. The van der Waals surface area contributed by atoms with Gasteiger partial charge >= 0.3 is 0 Å². The number of benzene rings is 1. The largest absolute Gasteiger partial charge is 0.381 e. The number of amides is 1. The fraction of sp³-hybridized carbons (Fsp3) is 0.562. The molecule has 2 aliphatic heterocycles. The van der Waals surface area contributed by atoms with Gasteiger partial charge in [0.1, 0.15) is 6.04 Å². The Morgan fingerprint density at radius 3 is 2.95 bits per heavy atom. The van der Waals surface area contributed by atoms with Crippen molar-refractivity contribution in [3.63, 3.8) is 0 Å². The zero-order chi connectivity index (χ0) is 14.7. The van der Waals surface area contributed by atoms with Crippen molar-refractivity contribution >= 4 is 17.3 Å². The molecule has 0 aromatic heterocycles. The number of likely N-dealkylation sites (N-methyl/N-ethyl adjacent to an activating group) is 1. The Morgan fingerprint density at radius 2 is 2.19 bits per heavy atom. The molecule has 1 saturated heterocycles. The Labute approximate surface area is 125 Å². The molecule has 0 aliphatic carbocycles. The fourth-order valence-corrected chi connectivity index (χ4v) is 3.06. The number of hydrogen-bond acceptors (Lipinski definition) is 4. The second-order valence-corrected chi connectivity index (χ2v) is 5.93. The average Bonchev–Trinajstić information content (AvgIpc) is 2.54. The number of para-hydroxylation sites is 2. The highest BCUT2D eigenvalue weighted by Crippen LogP contribution is 2.25. The average molecular weight is 289 g/mol. The van der Waals surface area contributed by atoms with Crippen molar-refractivity contribution < 1.29 is 9.53 Å². The second-order valence-electron chi connectivity index (χ2n) is 5.93. The first-order chi connectivity index (χ1) is 10.2. The monoisotopic (exact) mass is 289 g/mol. The number of ether oxygens (including phenoxy) is 1. The van der Waals surface area contributed by atoms with Crippen LogP contribution in [-0.2, 0) is 9.53 Å². The summed E-state index contributed by atoms with van der Waals surface area (Å²) in [7, 11) is 1.89. The molecule has 0 spiro atoms. The quantitative estimate of drug-likeness (QED) is 0.890. The van der Waals surface area contributed by atoms with Gasteiger partial charge < -0.3 is 20.3 Å². The van der Waals surface area contributed by atoms with Gasteiger partial charge in [0.15, 0.2) is 0 Å². The third-order valence-electron chi connectivity index (χ3n) is 4.21. The molecule has 0 radical (unpaired) electrons. The summed E-state index contributed by atoms with van der Waals surface area (Å²) in [6.45, 7) is 3.04. The first-order valence-corrected chi connectivity index (χ1v) is 7.66. The van der Waals surface area contributed by atoms with Gasteiger partial charge in [0.05, 0.1) is 18.0 Å². The third kappa shape index (κ3) is 3.29. The predicted molar refractivity (Wildman–Crippen MR) is 83.5 cm³/mol. The van der Waals surface area contributed by atoms with Gasteiger partial charge in [0, 0.05) is 26.7 Å². The van der Waals surface area contributed by atoms with Crippen molar-refractivity contribution in [2.75, 3.05) is 44.0 Å². The minimum absolute atomic E-state index is 0.141. The van der Waals surface area contributed by atoms with E-state index in [4.69, 9.17) is 4.74 Å². The van der Waals surface area contributed by atoms with Gasteiger partial charge in [0.2, 0.25) is 5.91 Å². The van der Waals surface area contributed by atoms with Crippen LogP contribution in [0.15, 0.2) is 24.3 Å². The van der Waals surface area contributed by atoms with Crippen LogP contribution in [-0.4, -0.2) is 50.2 Å². The van der Waals surface area contributed by atoms with E-state index in [-0.39, 0.29) is 11.9 Å². The van der Waals surface area contributed by atoms with Gasteiger partial charge in [-0.15, -0.1) is 0 Å². The van der Waals surface area contributed by atoms with Crippen molar-refractivity contribution in [3.05, 3.63) is 24.3 Å². The van der Waals surface area contributed by atoms with Crippen molar-refractivity contribution in [1.82, 2.24) is 4.90 Å². The summed E-state index contributed by atoms with van der Waals surface area (Å²) >= 11 is 0. The molecule has 0 saturated carbocycles. The van der Waals surface area contributed by atoms with Gasteiger partial charge in [0.25, 0.3) is 0 Å². The van der Waals surface area contributed by atoms with Gasteiger partial charge in [-0.25, -0.2) is 0 Å². The smallest absolute Gasteiger partial charge is 0.246 e. The van der Waals surface area contributed by atoms with Crippen LogP contribution in [0.5, 0.6) is 0 Å². The topological polar surface area (TPSA) is 53.6 Å². The molecule has 1 fully saturated rings. The van der Waals surface area contributed by atoms with Crippen LogP contribution in [0.4, 0.5) is 11.4 Å². The maximum atomic E-state index is 12.6. The van der Waals surface area contributed by atoms with Crippen LogP contribution < -0.4 is 10.6 Å². The number of carbonyl (C=O) groups is 1. The number of fused-ring (bicyclic) bond motifs is 1. The molecular formula is C16H23N3O2. The van der Waals surface area contributed by atoms with Crippen LogP contribution in [0.25, 0.3) is 0 Å². The molecule has 21 heavy (non-hydrogen) atoms. The molecular weight excluding hydrogens is 266 g/mol. The summed E-state index contributed by atoms with van der Waals surface area (Å²) in [5.41, 5.74) is 2.06. The van der Waals surface area contributed by atoms with Gasteiger partial charge in [-0.3, -0.25) is 4.79 Å². The van der Waals surface area contributed by atoms with E-state index < -0.39 is 0 Å². The highest BCUT2D eigenvalue weighted by molar-refractivity contribution is 5.88. The molecule has 2 unspecified atom stereocenters. The first kappa shape index (κ1) is 14.2. The number of nitrogens with one attached hydrogen (secondary N) is 2. The summed E-state index contributed by atoms with van der Waals surface area (Å²) < 4.78 is 5.49. The first-order valence-electron chi connectivity index (χ1n) is 7.66. The van der Waals surface area contributed by atoms with Gasteiger partial charge in [-0.05, 0) is 30.9 Å². The Morgan fingerprint density at radius 1 is 1.38 bits per heavy atom. The van der Waals surface area contributed by atoms with E-state index in [0.29, 0.717) is 12.5 Å². The minimum atomic E-state index is -0.200. The van der Waals surface area contributed by atoms with Crippen LogP contribution in [0.1, 0.15) is 12.8 Å². The molecule has 2 aliphatic rings. The van der Waals surface area contributed by atoms with E-state index in [9.17, 15) is 4.79 Å². The van der Waals surface area contributed by atoms with E-state index in [1.54, 1.807) is 0 Å². The zero-order valence-corrected chi connectivity index (χ0v) is 12.5. The molecule has 2 atom stereocenters. The van der Waals surface area contributed by atoms with Gasteiger partial charge in [-0.2, -0.15) is 0 Å². The van der Waals surface area contributed by atoms with Crippen molar-refractivity contribution in [3.8, 4) is 0 Å². The van der Waals surface area contributed by atoms with E-state index in [1.807, 2.05) is 36.2 Å². The summed E-state index contributed by atoms with van der Waals surface area (Å²) in [5, 5.41) is 6.65. The number of anilines is 2. The Hall–Kier alpha value is -1.75. The molecule has 2 N–H and O–H groups in total. The lowest BCUT2D eigenvalue weighted by atomic mass is 10.0. The molecule has 0 bridgehead atoms. The maximum absolute atomic E-state index is 12.6. The zero-order valence-electron chi connectivity index (χ0n) is 12.5. The standard InChI is InChI=1S/C16H23N3O2/c1-19(10-12-5-4-8-21-11-12)16(20)15-9-17-13-6-2-3-7-14(13)18-15/h2-3,6-7,12,15,17-18H,4-5,8-11H2,1H3. The molecule has 5 nitrogen and oxygen atoms in total. The van der Waals surface area contributed by atoms with Crippen LogP contribution in [0.2, 0.25) is 0 Å². The normalized spacial score (nSPS) is 24.4.